The maximum atomic E-state index is 13.5. The lowest BCUT2D eigenvalue weighted by Crippen LogP contribution is -2.43. The van der Waals surface area contributed by atoms with Gasteiger partial charge in [0.1, 0.15) is 5.75 Å². The van der Waals surface area contributed by atoms with Crippen LogP contribution in [0.25, 0.3) is 6.08 Å². The summed E-state index contributed by atoms with van der Waals surface area (Å²) in [4.78, 5) is 21.6. The molecule has 2 heterocycles. The average molecular weight is 531 g/mol. The topological polar surface area (TPSA) is 78.2 Å². The van der Waals surface area contributed by atoms with E-state index in [1.165, 1.54) is 31.0 Å². The number of hydrogen-bond donors (Lipinski definition) is 0. The number of likely N-dealkylation sites (tertiary alicyclic amines) is 1. The number of ether oxygens (including phenoxy) is 2. The first-order valence-electron chi connectivity index (χ1n) is 11.5. The van der Waals surface area contributed by atoms with Crippen molar-refractivity contribution in [3.8, 4) is 23.3 Å². The van der Waals surface area contributed by atoms with E-state index in [1.54, 1.807) is 24.3 Å². The molecule has 1 fully saturated rings. The van der Waals surface area contributed by atoms with E-state index < -0.39 is 17.5 Å². The number of thioether (sulfide) groups is 1. The molecule has 1 saturated heterocycles. The number of nitrogens with zero attached hydrogens (tertiary/aromatic N) is 4. The van der Waals surface area contributed by atoms with Crippen LogP contribution < -0.4 is 9.47 Å². The van der Waals surface area contributed by atoms with E-state index in [9.17, 15) is 18.0 Å². The van der Waals surface area contributed by atoms with Gasteiger partial charge in [0.2, 0.25) is 0 Å². The highest BCUT2D eigenvalue weighted by atomic mass is 32.2. The van der Waals surface area contributed by atoms with Crippen LogP contribution in [-0.4, -0.2) is 61.2 Å². The molecule has 194 valence electrons. The van der Waals surface area contributed by atoms with Crippen molar-refractivity contribution in [3.05, 3.63) is 58.0 Å². The van der Waals surface area contributed by atoms with Gasteiger partial charge in [-0.05, 0) is 80.7 Å². The van der Waals surface area contributed by atoms with E-state index in [1.807, 2.05) is 0 Å². The predicted molar refractivity (Wildman–Crippen MR) is 136 cm³/mol. The molecule has 0 aromatic heterocycles. The molecular formula is C26H25F3N4O3S. The third-order valence-electron chi connectivity index (χ3n) is 6.19. The minimum absolute atomic E-state index is 0.0611. The van der Waals surface area contributed by atoms with Gasteiger partial charge >= 0.3 is 6.18 Å². The number of aliphatic imine (C=N–C) groups is 1. The fraction of sp³-hybridized carbons (Fsp3) is 0.346. The standard InChI is InChI=1S/C26H25F3N4O3S/c1-32(2)18-8-10-33(11-9-18)25-31-24(34)23(37-25)14-16-4-7-21(22(13-16)35-3)36-20-6-5-17(15-30)12-19(20)26(27,28)29/h4-7,12-14,18H,8-11H2,1-3H3/b23-14-. The summed E-state index contributed by atoms with van der Waals surface area (Å²) >= 11 is 1.31. The summed E-state index contributed by atoms with van der Waals surface area (Å²) in [5.41, 5.74) is -0.582. The number of carbonyl (C=O) groups excluding carboxylic acids is 1. The first-order valence-corrected chi connectivity index (χ1v) is 12.3. The molecule has 0 radical (unpaired) electrons. The summed E-state index contributed by atoms with van der Waals surface area (Å²) in [5, 5.41) is 9.64. The minimum Gasteiger partial charge on any atom is -0.493 e. The Bertz CT molecular complexity index is 1290. The van der Waals surface area contributed by atoms with Crippen molar-refractivity contribution < 1.29 is 27.4 Å². The maximum absolute atomic E-state index is 13.5. The van der Waals surface area contributed by atoms with Gasteiger partial charge in [0.05, 0.1) is 29.2 Å². The normalized spacial score (nSPS) is 17.8. The summed E-state index contributed by atoms with van der Waals surface area (Å²) in [7, 11) is 5.50. The van der Waals surface area contributed by atoms with Crippen molar-refractivity contribution in [1.29, 1.82) is 5.26 Å². The Labute approximate surface area is 217 Å². The number of benzene rings is 2. The van der Waals surface area contributed by atoms with Crippen molar-refractivity contribution >= 4 is 28.9 Å². The van der Waals surface area contributed by atoms with Crippen molar-refractivity contribution in [2.24, 2.45) is 4.99 Å². The number of piperidine rings is 1. The van der Waals surface area contributed by atoms with Crippen LogP contribution >= 0.6 is 11.8 Å². The van der Waals surface area contributed by atoms with Gasteiger partial charge in [0, 0.05) is 19.1 Å². The van der Waals surface area contributed by atoms with E-state index in [-0.39, 0.29) is 23.0 Å². The van der Waals surface area contributed by atoms with Crippen LogP contribution in [-0.2, 0) is 11.0 Å². The number of amides is 1. The average Bonchev–Trinajstić information content (AvgIpc) is 3.24. The molecule has 0 N–H and O–H groups in total. The van der Waals surface area contributed by atoms with Crippen LogP contribution in [0.15, 0.2) is 46.3 Å². The van der Waals surface area contributed by atoms with Gasteiger partial charge in [-0.1, -0.05) is 6.07 Å². The lowest BCUT2D eigenvalue weighted by Gasteiger charge is -2.35. The molecule has 0 atom stereocenters. The van der Waals surface area contributed by atoms with Gasteiger partial charge in [-0.3, -0.25) is 4.79 Å². The van der Waals surface area contributed by atoms with Gasteiger partial charge in [-0.15, -0.1) is 0 Å². The van der Waals surface area contributed by atoms with Crippen molar-refractivity contribution in [3.63, 3.8) is 0 Å². The number of halogens is 3. The molecular weight excluding hydrogens is 505 g/mol. The second kappa shape index (κ2) is 10.9. The molecule has 0 saturated carbocycles. The highest BCUT2D eigenvalue weighted by Gasteiger charge is 2.35. The van der Waals surface area contributed by atoms with Crippen LogP contribution in [0.1, 0.15) is 29.5 Å². The van der Waals surface area contributed by atoms with Gasteiger partial charge in [-0.25, -0.2) is 0 Å². The number of amidine groups is 1. The zero-order chi connectivity index (χ0) is 26.7. The van der Waals surface area contributed by atoms with Crippen LogP contribution in [0.5, 0.6) is 17.2 Å². The van der Waals surface area contributed by atoms with Gasteiger partial charge in [0.25, 0.3) is 5.91 Å². The van der Waals surface area contributed by atoms with Gasteiger partial charge < -0.3 is 19.3 Å². The smallest absolute Gasteiger partial charge is 0.420 e. The monoisotopic (exact) mass is 530 g/mol. The predicted octanol–water partition coefficient (Wildman–Crippen LogP) is 5.37. The lowest BCUT2D eigenvalue weighted by atomic mass is 10.1. The first kappa shape index (κ1) is 26.6. The molecule has 0 unspecified atom stereocenters. The lowest BCUT2D eigenvalue weighted by molar-refractivity contribution is -0.138. The van der Waals surface area contributed by atoms with E-state index in [0.717, 1.165) is 38.1 Å². The molecule has 0 spiro atoms. The molecule has 2 aliphatic rings. The number of alkyl halides is 3. The van der Waals surface area contributed by atoms with E-state index in [2.05, 4.69) is 28.9 Å². The zero-order valence-electron chi connectivity index (χ0n) is 20.5. The highest BCUT2D eigenvalue weighted by molar-refractivity contribution is 8.18. The van der Waals surface area contributed by atoms with Crippen molar-refractivity contribution in [2.75, 3.05) is 34.3 Å². The number of hydrogen-bond acceptors (Lipinski definition) is 7. The Balaban J connectivity index is 1.51. The minimum atomic E-state index is -4.71. The summed E-state index contributed by atoms with van der Waals surface area (Å²) in [6.07, 6.45) is -1.05. The Hall–Kier alpha value is -3.49. The van der Waals surface area contributed by atoms with Crippen LogP contribution in [0, 0.1) is 11.3 Å². The molecule has 2 aliphatic heterocycles. The van der Waals surface area contributed by atoms with Crippen LogP contribution in [0.3, 0.4) is 0 Å². The Morgan fingerprint density at radius 3 is 2.46 bits per heavy atom. The third kappa shape index (κ3) is 6.09. The molecule has 11 heteroatoms. The number of rotatable bonds is 5. The van der Waals surface area contributed by atoms with E-state index >= 15 is 0 Å². The Morgan fingerprint density at radius 2 is 1.84 bits per heavy atom. The fourth-order valence-corrected chi connectivity index (χ4v) is 5.11. The summed E-state index contributed by atoms with van der Waals surface area (Å²) in [5.74, 6) is -0.532. The molecule has 37 heavy (non-hydrogen) atoms. The van der Waals surface area contributed by atoms with E-state index in [4.69, 9.17) is 14.7 Å². The molecule has 2 aromatic rings. The SMILES string of the molecule is COc1cc(/C=C2\SC(N3CCC(N(C)C)CC3)=NC2=O)ccc1Oc1ccc(C#N)cc1C(F)(F)F. The third-order valence-corrected chi connectivity index (χ3v) is 7.24. The highest BCUT2D eigenvalue weighted by Crippen LogP contribution is 2.41. The molecule has 1 amide bonds. The molecule has 2 aromatic carbocycles. The largest absolute Gasteiger partial charge is 0.493 e. The maximum Gasteiger partial charge on any atom is 0.420 e. The molecule has 4 rings (SSSR count). The second-order valence-corrected chi connectivity index (χ2v) is 9.83. The first-order chi connectivity index (χ1) is 17.6. The molecule has 0 bridgehead atoms. The Kier molecular flexibility index (Phi) is 7.80. The van der Waals surface area contributed by atoms with Crippen LogP contribution in [0.2, 0.25) is 0 Å². The summed E-state index contributed by atoms with van der Waals surface area (Å²) in [6.45, 7) is 1.65. The molecule has 0 aliphatic carbocycles. The zero-order valence-corrected chi connectivity index (χ0v) is 21.3. The number of nitriles is 1. The summed E-state index contributed by atoms with van der Waals surface area (Å²) in [6, 6.07) is 9.97. The fourth-order valence-electron chi connectivity index (χ4n) is 4.14. The van der Waals surface area contributed by atoms with Crippen LogP contribution in [0.4, 0.5) is 13.2 Å². The van der Waals surface area contributed by atoms with E-state index in [0.29, 0.717) is 21.7 Å². The summed E-state index contributed by atoms with van der Waals surface area (Å²) < 4.78 is 51.4. The number of carbonyl (C=O) groups is 1. The number of methoxy groups -OCH3 is 1. The van der Waals surface area contributed by atoms with Gasteiger partial charge in [0.15, 0.2) is 16.7 Å². The quantitative estimate of drug-likeness (QED) is 0.481. The Morgan fingerprint density at radius 1 is 1.14 bits per heavy atom. The van der Waals surface area contributed by atoms with Crippen molar-refractivity contribution in [1.82, 2.24) is 9.80 Å². The van der Waals surface area contributed by atoms with Gasteiger partial charge in [-0.2, -0.15) is 23.4 Å². The second-order valence-electron chi connectivity index (χ2n) is 8.82. The molecule has 7 nitrogen and oxygen atoms in total. The van der Waals surface area contributed by atoms with Crippen molar-refractivity contribution in [2.45, 2.75) is 25.1 Å².